The van der Waals surface area contributed by atoms with E-state index in [9.17, 15) is 9.18 Å². The van der Waals surface area contributed by atoms with E-state index in [2.05, 4.69) is 26.7 Å². The number of piperidine rings is 3. The summed E-state index contributed by atoms with van der Waals surface area (Å²) in [5.74, 6) is 1.66. The number of carbonyl (C=O) groups excluding carboxylic acids is 1. The SMILES string of the molecule is CCc1cnc(N2C[C@H]3C[C@@H](C2)[C@H](Cc2cccc(F)c2)N2C(=O)CCC[C@@H]32)nc1. The Labute approximate surface area is 177 Å². The molecule has 4 heterocycles. The summed E-state index contributed by atoms with van der Waals surface area (Å²) in [5.41, 5.74) is 2.11. The van der Waals surface area contributed by atoms with E-state index in [0.717, 1.165) is 55.8 Å². The van der Waals surface area contributed by atoms with E-state index in [1.807, 2.05) is 18.5 Å². The molecule has 1 aromatic heterocycles. The molecule has 1 amide bonds. The van der Waals surface area contributed by atoms with Gasteiger partial charge in [-0.1, -0.05) is 19.1 Å². The third-order valence-corrected chi connectivity index (χ3v) is 7.21. The van der Waals surface area contributed by atoms with Crippen LogP contribution in [0.1, 0.15) is 43.7 Å². The molecule has 6 heteroatoms. The van der Waals surface area contributed by atoms with Crippen LogP contribution in [0.2, 0.25) is 0 Å². The smallest absolute Gasteiger partial charge is 0.225 e. The van der Waals surface area contributed by atoms with E-state index >= 15 is 0 Å². The normalized spacial score (nSPS) is 28.4. The third kappa shape index (κ3) is 3.57. The Morgan fingerprint density at radius 3 is 2.70 bits per heavy atom. The Hall–Kier alpha value is -2.50. The van der Waals surface area contributed by atoms with Crippen molar-refractivity contribution in [3.63, 3.8) is 0 Å². The van der Waals surface area contributed by atoms with Crippen LogP contribution in [-0.2, 0) is 17.6 Å². The van der Waals surface area contributed by atoms with Gasteiger partial charge in [0.2, 0.25) is 11.9 Å². The van der Waals surface area contributed by atoms with Crippen LogP contribution in [0.3, 0.4) is 0 Å². The van der Waals surface area contributed by atoms with Crippen molar-refractivity contribution in [2.45, 2.75) is 57.5 Å². The van der Waals surface area contributed by atoms with Crippen LogP contribution in [0, 0.1) is 17.7 Å². The van der Waals surface area contributed by atoms with Crippen LogP contribution in [0.5, 0.6) is 0 Å². The molecule has 158 valence electrons. The highest BCUT2D eigenvalue weighted by Gasteiger charge is 2.49. The van der Waals surface area contributed by atoms with Gasteiger partial charge in [0, 0.05) is 44.0 Å². The van der Waals surface area contributed by atoms with Gasteiger partial charge < -0.3 is 9.80 Å². The molecular weight excluding hydrogens is 379 g/mol. The van der Waals surface area contributed by atoms with Crippen molar-refractivity contribution in [1.82, 2.24) is 14.9 Å². The van der Waals surface area contributed by atoms with E-state index in [0.29, 0.717) is 24.7 Å². The van der Waals surface area contributed by atoms with Gasteiger partial charge in [-0.15, -0.1) is 0 Å². The molecule has 3 fully saturated rings. The minimum absolute atomic E-state index is 0.110. The summed E-state index contributed by atoms with van der Waals surface area (Å²) in [6.45, 7) is 3.86. The van der Waals surface area contributed by atoms with E-state index in [1.54, 1.807) is 12.1 Å². The summed E-state index contributed by atoms with van der Waals surface area (Å²) in [5, 5.41) is 0. The fourth-order valence-electron chi connectivity index (χ4n) is 5.80. The Balaban J connectivity index is 1.45. The topological polar surface area (TPSA) is 49.3 Å². The van der Waals surface area contributed by atoms with Gasteiger partial charge in [-0.2, -0.15) is 0 Å². The van der Waals surface area contributed by atoms with Gasteiger partial charge in [0.25, 0.3) is 0 Å². The van der Waals surface area contributed by atoms with Crippen molar-refractivity contribution in [1.29, 1.82) is 0 Å². The van der Waals surface area contributed by atoms with Crippen LogP contribution >= 0.6 is 0 Å². The quantitative estimate of drug-likeness (QED) is 0.775. The van der Waals surface area contributed by atoms with Crippen molar-refractivity contribution in [3.05, 3.63) is 53.6 Å². The Bertz CT molecular complexity index is 918. The van der Waals surface area contributed by atoms with Gasteiger partial charge in [0.15, 0.2) is 0 Å². The molecule has 0 unspecified atom stereocenters. The monoisotopic (exact) mass is 408 g/mol. The fourth-order valence-corrected chi connectivity index (χ4v) is 5.80. The standard InChI is InChI=1S/C24H29FN4O/c1-2-16-12-26-24(27-13-16)28-14-18-11-19(15-28)22(10-17-5-3-6-20(25)9-17)29-21(18)7-4-8-23(29)30/h3,5-6,9,12-13,18-19,21-22H,2,4,7-8,10-11,14-15H2,1H3/t18-,19+,21+,22+/m1/s1. The Morgan fingerprint density at radius 1 is 1.13 bits per heavy atom. The third-order valence-electron chi connectivity index (χ3n) is 7.21. The maximum Gasteiger partial charge on any atom is 0.225 e. The Kier molecular flexibility index (Phi) is 5.17. The van der Waals surface area contributed by atoms with E-state index < -0.39 is 0 Å². The lowest BCUT2D eigenvalue weighted by molar-refractivity contribution is -0.148. The lowest BCUT2D eigenvalue weighted by Gasteiger charge is -2.56. The molecular formula is C24H29FN4O. The number of hydrogen-bond acceptors (Lipinski definition) is 4. The number of anilines is 1. The fraction of sp³-hybridized carbons (Fsp3) is 0.542. The first kappa shape index (κ1) is 19.5. The number of benzene rings is 1. The van der Waals surface area contributed by atoms with Crippen molar-refractivity contribution in [3.8, 4) is 0 Å². The number of carbonyl (C=O) groups is 1. The van der Waals surface area contributed by atoms with Crippen LogP contribution in [-0.4, -0.2) is 45.9 Å². The van der Waals surface area contributed by atoms with Gasteiger partial charge in [0.1, 0.15) is 5.82 Å². The molecule has 4 atom stereocenters. The zero-order valence-corrected chi connectivity index (χ0v) is 17.5. The van der Waals surface area contributed by atoms with Crippen molar-refractivity contribution < 1.29 is 9.18 Å². The highest BCUT2D eigenvalue weighted by molar-refractivity contribution is 5.78. The average molecular weight is 409 g/mol. The lowest BCUT2D eigenvalue weighted by atomic mass is 9.71. The molecule has 0 saturated carbocycles. The summed E-state index contributed by atoms with van der Waals surface area (Å²) >= 11 is 0. The van der Waals surface area contributed by atoms with Gasteiger partial charge >= 0.3 is 0 Å². The summed E-state index contributed by atoms with van der Waals surface area (Å²) in [4.78, 5) is 26.7. The highest BCUT2D eigenvalue weighted by Crippen LogP contribution is 2.43. The number of hydrogen-bond donors (Lipinski definition) is 0. The minimum atomic E-state index is -0.211. The van der Waals surface area contributed by atoms with Crippen LogP contribution < -0.4 is 4.90 Å². The number of amides is 1. The zero-order valence-electron chi connectivity index (χ0n) is 17.5. The van der Waals surface area contributed by atoms with Crippen LogP contribution in [0.25, 0.3) is 0 Å². The molecule has 5 rings (SSSR count). The Morgan fingerprint density at radius 2 is 1.93 bits per heavy atom. The molecule has 2 bridgehead atoms. The second-order valence-corrected chi connectivity index (χ2v) is 9.07. The van der Waals surface area contributed by atoms with E-state index in [1.165, 1.54) is 6.07 Å². The molecule has 3 aliphatic rings. The molecule has 0 N–H and O–H groups in total. The maximum absolute atomic E-state index is 13.8. The molecule has 0 radical (unpaired) electrons. The second kappa shape index (κ2) is 7.97. The molecule has 0 spiro atoms. The highest BCUT2D eigenvalue weighted by atomic mass is 19.1. The largest absolute Gasteiger partial charge is 0.340 e. The van der Waals surface area contributed by atoms with E-state index in [-0.39, 0.29) is 23.8 Å². The molecule has 0 aliphatic carbocycles. The number of halogens is 1. The number of aryl methyl sites for hydroxylation is 1. The predicted molar refractivity (Wildman–Crippen MR) is 114 cm³/mol. The van der Waals surface area contributed by atoms with Gasteiger partial charge in [-0.05, 0) is 67.2 Å². The van der Waals surface area contributed by atoms with Gasteiger partial charge in [-0.3, -0.25) is 4.79 Å². The number of fused-ring (bicyclic) bond motifs is 4. The molecule has 2 aromatic rings. The summed E-state index contributed by atoms with van der Waals surface area (Å²) in [6.07, 6.45) is 9.28. The molecule has 5 nitrogen and oxygen atoms in total. The van der Waals surface area contributed by atoms with Crippen LogP contribution in [0.4, 0.5) is 10.3 Å². The first-order valence-corrected chi connectivity index (χ1v) is 11.2. The van der Waals surface area contributed by atoms with Crippen molar-refractivity contribution in [2.24, 2.45) is 11.8 Å². The second-order valence-electron chi connectivity index (χ2n) is 9.07. The summed E-state index contributed by atoms with van der Waals surface area (Å²) in [6, 6.07) is 7.23. The number of rotatable bonds is 4. The van der Waals surface area contributed by atoms with Crippen LogP contribution in [0.15, 0.2) is 36.7 Å². The summed E-state index contributed by atoms with van der Waals surface area (Å²) in [7, 11) is 0. The summed E-state index contributed by atoms with van der Waals surface area (Å²) < 4.78 is 13.8. The predicted octanol–water partition coefficient (Wildman–Crippen LogP) is 3.63. The van der Waals surface area contributed by atoms with Gasteiger partial charge in [0.05, 0.1) is 0 Å². The zero-order chi connectivity index (χ0) is 20.7. The van der Waals surface area contributed by atoms with E-state index in [4.69, 9.17) is 0 Å². The maximum atomic E-state index is 13.8. The molecule has 30 heavy (non-hydrogen) atoms. The minimum Gasteiger partial charge on any atom is -0.340 e. The van der Waals surface area contributed by atoms with Crippen molar-refractivity contribution >= 4 is 11.9 Å². The first-order valence-electron chi connectivity index (χ1n) is 11.2. The molecule has 3 saturated heterocycles. The number of aromatic nitrogens is 2. The number of nitrogens with zero attached hydrogens (tertiary/aromatic N) is 4. The molecule has 3 aliphatic heterocycles. The van der Waals surface area contributed by atoms with Gasteiger partial charge in [-0.25, -0.2) is 14.4 Å². The first-order chi connectivity index (χ1) is 14.6. The average Bonchev–Trinajstić information content (AvgIpc) is 2.77. The lowest BCUT2D eigenvalue weighted by Crippen LogP contribution is -2.65. The molecule has 1 aromatic carbocycles. The van der Waals surface area contributed by atoms with Crippen molar-refractivity contribution in [2.75, 3.05) is 18.0 Å².